The molecule has 60 valence electrons. The number of aromatic nitrogens is 4. The molecule has 12 heavy (non-hydrogen) atoms. The second-order valence-corrected chi connectivity index (χ2v) is 3.07. The zero-order valence-corrected chi connectivity index (χ0v) is 7.64. The molecule has 0 unspecified atom stereocenters. The normalized spacial score (nSPS) is 10.1. The molecular weight excluding hydrogens is 220 g/mol. The van der Waals surface area contributed by atoms with Crippen molar-refractivity contribution in [3.8, 4) is 5.95 Å². The van der Waals surface area contributed by atoms with Gasteiger partial charge in [-0.15, -0.1) is 0 Å². The molecule has 2 aromatic heterocycles. The fourth-order valence-corrected chi connectivity index (χ4v) is 1.11. The molecular formula is C7H5BrN4. The number of hydrogen-bond acceptors (Lipinski definition) is 3. The van der Waals surface area contributed by atoms with Crippen molar-refractivity contribution in [1.29, 1.82) is 0 Å². The highest BCUT2D eigenvalue weighted by atomic mass is 79.9. The summed E-state index contributed by atoms with van der Waals surface area (Å²) in [6.45, 7) is 0. The SMILES string of the molecule is Brc1cnn(-c2ncccn2)c1. The Kier molecular flexibility index (Phi) is 1.87. The maximum Gasteiger partial charge on any atom is 0.250 e. The summed E-state index contributed by atoms with van der Waals surface area (Å²) in [6.07, 6.45) is 6.85. The van der Waals surface area contributed by atoms with Gasteiger partial charge in [-0.25, -0.2) is 14.6 Å². The average molecular weight is 225 g/mol. The third-order valence-corrected chi connectivity index (χ3v) is 1.72. The van der Waals surface area contributed by atoms with Crippen molar-refractivity contribution in [2.75, 3.05) is 0 Å². The van der Waals surface area contributed by atoms with Crippen LogP contribution in [0.1, 0.15) is 0 Å². The topological polar surface area (TPSA) is 43.6 Å². The maximum absolute atomic E-state index is 4.03. The Bertz CT molecular complexity index is 370. The van der Waals surface area contributed by atoms with Crippen LogP contribution < -0.4 is 0 Å². The van der Waals surface area contributed by atoms with Crippen molar-refractivity contribution in [1.82, 2.24) is 19.7 Å². The Hall–Kier alpha value is -1.23. The summed E-state index contributed by atoms with van der Waals surface area (Å²) in [4.78, 5) is 8.06. The molecule has 2 aromatic rings. The van der Waals surface area contributed by atoms with Crippen molar-refractivity contribution < 1.29 is 0 Å². The van der Waals surface area contributed by atoms with Gasteiger partial charge >= 0.3 is 0 Å². The Balaban J connectivity index is 2.45. The van der Waals surface area contributed by atoms with Gasteiger partial charge in [0.15, 0.2) is 0 Å². The van der Waals surface area contributed by atoms with E-state index in [1.54, 1.807) is 35.5 Å². The third-order valence-electron chi connectivity index (χ3n) is 1.31. The van der Waals surface area contributed by atoms with E-state index in [0.717, 1.165) is 4.47 Å². The highest BCUT2D eigenvalue weighted by Gasteiger charge is 1.98. The largest absolute Gasteiger partial charge is 0.250 e. The monoisotopic (exact) mass is 224 g/mol. The van der Waals surface area contributed by atoms with Crippen LogP contribution in [0.15, 0.2) is 35.3 Å². The molecule has 0 bridgehead atoms. The van der Waals surface area contributed by atoms with E-state index in [4.69, 9.17) is 0 Å². The number of rotatable bonds is 1. The Morgan fingerprint density at radius 1 is 1.25 bits per heavy atom. The minimum Gasteiger partial charge on any atom is -0.220 e. The van der Waals surface area contributed by atoms with Crippen LogP contribution in [0, 0.1) is 0 Å². The van der Waals surface area contributed by atoms with E-state index >= 15 is 0 Å². The molecule has 0 aromatic carbocycles. The first kappa shape index (κ1) is 7.42. The third kappa shape index (κ3) is 1.35. The Labute approximate surface area is 77.4 Å². The predicted molar refractivity (Wildman–Crippen MR) is 46.9 cm³/mol. The highest BCUT2D eigenvalue weighted by molar-refractivity contribution is 9.10. The Morgan fingerprint density at radius 2 is 2.00 bits per heavy atom. The van der Waals surface area contributed by atoms with Crippen LogP contribution in [0.2, 0.25) is 0 Å². The molecule has 2 rings (SSSR count). The van der Waals surface area contributed by atoms with Crippen LogP contribution in [0.4, 0.5) is 0 Å². The van der Waals surface area contributed by atoms with Crippen molar-refractivity contribution in [2.24, 2.45) is 0 Å². The molecule has 0 amide bonds. The smallest absolute Gasteiger partial charge is 0.220 e. The fraction of sp³-hybridized carbons (Fsp3) is 0. The van der Waals surface area contributed by atoms with Gasteiger partial charge < -0.3 is 0 Å². The lowest BCUT2D eigenvalue weighted by Crippen LogP contribution is -1.99. The van der Waals surface area contributed by atoms with Gasteiger partial charge in [-0.05, 0) is 22.0 Å². The van der Waals surface area contributed by atoms with E-state index in [1.807, 2.05) is 0 Å². The molecule has 0 atom stereocenters. The molecule has 0 saturated carbocycles. The predicted octanol–water partition coefficient (Wildman–Crippen LogP) is 1.42. The van der Waals surface area contributed by atoms with E-state index in [1.165, 1.54) is 0 Å². The lowest BCUT2D eigenvalue weighted by Gasteiger charge is -1.95. The second-order valence-electron chi connectivity index (χ2n) is 2.15. The number of hydrogen-bond donors (Lipinski definition) is 0. The highest BCUT2D eigenvalue weighted by Crippen LogP contribution is 2.08. The molecule has 4 nitrogen and oxygen atoms in total. The van der Waals surface area contributed by atoms with Gasteiger partial charge in [0, 0.05) is 18.6 Å². The maximum atomic E-state index is 4.03. The summed E-state index contributed by atoms with van der Waals surface area (Å²) >= 11 is 3.29. The van der Waals surface area contributed by atoms with E-state index in [9.17, 15) is 0 Å². The van der Waals surface area contributed by atoms with Gasteiger partial charge in [-0.2, -0.15) is 5.10 Å². The molecule has 0 radical (unpaired) electrons. The first-order valence-corrected chi connectivity index (χ1v) is 4.13. The van der Waals surface area contributed by atoms with Crippen LogP contribution in [0.3, 0.4) is 0 Å². The van der Waals surface area contributed by atoms with Crippen molar-refractivity contribution >= 4 is 15.9 Å². The quantitative estimate of drug-likeness (QED) is 0.737. The molecule has 0 saturated heterocycles. The van der Waals surface area contributed by atoms with Gasteiger partial charge in [0.1, 0.15) is 0 Å². The Morgan fingerprint density at radius 3 is 2.58 bits per heavy atom. The van der Waals surface area contributed by atoms with Crippen molar-refractivity contribution in [3.63, 3.8) is 0 Å². The zero-order valence-electron chi connectivity index (χ0n) is 6.05. The van der Waals surface area contributed by atoms with Crippen LogP contribution >= 0.6 is 15.9 Å². The minimum atomic E-state index is 0.572. The zero-order chi connectivity index (χ0) is 8.39. The van der Waals surface area contributed by atoms with E-state index in [0.29, 0.717) is 5.95 Å². The summed E-state index contributed by atoms with van der Waals surface area (Å²) in [5.41, 5.74) is 0. The summed E-state index contributed by atoms with van der Waals surface area (Å²) < 4.78 is 2.51. The summed E-state index contributed by atoms with van der Waals surface area (Å²) in [7, 11) is 0. The summed E-state index contributed by atoms with van der Waals surface area (Å²) in [5, 5.41) is 4.03. The first-order chi connectivity index (χ1) is 5.86. The molecule has 5 heteroatoms. The van der Waals surface area contributed by atoms with Crippen LogP contribution in [0.25, 0.3) is 5.95 Å². The van der Waals surface area contributed by atoms with Gasteiger partial charge in [-0.1, -0.05) is 0 Å². The van der Waals surface area contributed by atoms with Crippen molar-refractivity contribution in [3.05, 3.63) is 35.3 Å². The van der Waals surface area contributed by atoms with E-state index < -0.39 is 0 Å². The molecule has 0 aliphatic carbocycles. The lowest BCUT2D eigenvalue weighted by molar-refractivity contribution is 0.808. The number of nitrogens with zero attached hydrogens (tertiary/aromatic N) is 4. The number of halogens is 1. The standard InChI is InChI=1S/C7H5BrN4/c8-6-4-11-12(5-6)7-9-2-1-3-10-7/h1-5H. The second kappa shape index (κ2) is 3.02. The van der Waals surface area contributed by atoms with E-state index in [2.05, 4.69) is 31.0 Å². The molecule has 0 fully saturated rings. The lowest BCUT2D eigenvalue weighted by atomic mass is 10.7. The van der Waals surface area contributed by atoms with Gasteiger partial charge in [0.05, 0.1) is 10.7 Å². The van der Waals surface area contributed by atoms with Crippen molar-refractivity contribution in [2.45, 2.75) is 0 Å². The molecule has 0 spiro atoms. The van der Waals surface area contributed by atoms with Gasteiger partial charge in [0.2, 0.25) is 5.95 Å². The average Bonchev–Trinajstić information content (AvgIpc) is 2.54. The molecule has 2 heterocycles. The molecule has 0 N–H and O–H groups in total. The summed E-state index contributed by atoms with van der Waals surface area (Å²) in [5.74, 6) is 0.572. The summed E-state index contributed by atoms with van der Waals surface area (Å²) in [6, 6.07) is 1.77. The van der Waals surface area contributed by atoms with E-state index in [-0.39, 0.29) is 0 Å². The molecule has 0 aliphatic heterocycles. The van der Waals surface area contributed by atoms with Crippen LogP contribution in [0.5, 0.6) is 0 Å². The van der Waals surface area contributed by atoms with Crippen LogP contribution in [-0.2, 0) is 0 Å². The van der Waals surface area contributed by atoms with Gasteiger partial charge in [-0.3, -0.25) is 0 Å². The molecule has 0 aliphatic rings. The fourth-order valence-electron chi connectivity index (χ4n) is 0.820. The van der Waals surface area contributed by atoms with Gasteiger partial charge in [0.25, 0.3) is 0 Å². The first-order valence-electron chi connectivity index (χ1n) is 3.34. The van der Waals surface area contributed by atoms with Crippen LogP contribution in [-0.4, -0.2) is 19.7 Å². The minimum absolute atomic E-state index is 0.572.